The van der Waals surface area contributed by atoms with E-state index in [1.54, 1.807) is 0 Å². The van der Waals surface area contributed by atoms with Gasteiger partial charge >= 0.3 is 6.09 Å². The van der Waals surface area contributed by atoms with E-state index in [0.717, 1.165) is 0 Å². The Bertz CT molecular complexity index is 510. The highest BCUT2D eigenvalue weighted by Gasteiger charge is 2.32. The Morgan fingerprint density at radius 1 is 1.37 bits per heavy atom. The second kappa shape index (κ2) is 5.10. The number of nitriles is 1. The van der Waals surface area contributed by atoms with Gasteiger partial charge in [-0.1, -0.05) is 0 Å². The lowest BCUT2D eigenvalue weighted by atomic mass is 10.1. The molecule has 1 N–H and O–H groups in total. The number of anilines is 1. The van der Waals surface area contributed by atoms with Crippen molar-refractivity contribution in [2.75, 3.05) is 18.0 Å². The molecule has 7 nitrogen and oxygen atoms in total. The Morgan fingerprint density at radius 3 is 2.53 bits per heavy atom. The van der Waals surface area contributed by atoms with Gasteiger partial charge in [-0.3, -0.25) is 0 Å². The van der Waals surface area contributed by atoms with E-state index in [1.165, 1.54) is 17.3 Å². The number of carboxylic acid groups (broad SMARTS) is 1. The molecule has 1 aromatic rings. The zero-order chi connectivity index (χ0) is 14.0. The quantitative estimate of drug-likeness (QED) is 0.808. The van der Waals surface area contributed by atoms with Crippen LogP contribution in [0.3, 0.4) is 0 Å². The Kier molecular flexibility index (Phi) is 3.51. The Balaban J connectivity index is 2.17. The van der Waals surface area contributed by atoms with Gasteiger partial charge in [0.05, 0.1) is 18.0 Å². The van der Waals surface area contributed by atoms with Gasteiger partial charge in [-0.05, 0) is 13.8 Å². The lowest BCUT2D eigenvalue weighted by molar-refractivity contribution is 0.114. The standard InChI is InChI=1S/C12H15N5O2/c1-8-7-17(12(18)19)9(2)6-16(8)11-14-4-10(3-13)5-15-11/h4-5,8-9H,6-7H2,1-2H3,(H,18,19)/t8-,9-/m1/s1. The molecule has 1 amide bonds. The Morgan fingerprint density at radius 2 is 2.00 bits per heavy atom. The number of hydrogen-bond acceptors (Lipinski definition) is 5. The largest absolute Gasteiger partial charge is 0.465 e. The minimum absolute atomic E-state index is 0.000218. The summed E-state index contributed by atoms with van der Waals surface area (Å²) < 4.78 is 0. The molecule has 0 unspecified atom stereocenters. The van der Waals surface area contributed by atoms with E-state index in [2.05, 4.69) is 9.97 Å². The first-order chi connectivity index (χ1) is 9.02. The number of amides is 1. The predicted molar refractivity (Wildman–Crippen MR) is 67.7 cm³/mol. The second-order valence-electron chi connectivity index (χ2n) is 4.67. The molecule has 1 aliphatic heterocycles. The fraction of sp³-hybridized carbons (Fsp3) is 0.500. The van der Waals surface area contributed by atoms with Crippen molar-refractivity contribution in [2.24, 2.45) is 0 Å². The lowest BCUT2D eigenvalue weighted by Crippen LogP contribution is -2.58. The van der Waals surface area contributed by atoms with E-state index in [9.17, 15) is 4.79 Å². The number of rotatable bonds is 1. The molecule has 100 valence electrons. The van der Waals surface area contributed by atoms with Crippen LogP contribution in [0, 0.1) is 11.3 Å². The Labute approximate surface area is 111 Å². The maximum absolute atomic E-state index is 11.1. The van der Waals surface area contributed by atoms with Gasteiger partial charge in [0.25, 0.3) is 0 Å². The van der Waals surface area contributed by atoms with E-state index in [-0.39, 0.29) is 12.1 Å². The summed E-state index contributed by atoms with van der Waals surface area (Å²) in [6, 6.07) is 1.85. The summed E-state index contributed by atoms with van der Waals surface area (Å²) in [5.74, 6) is 0.531. The van der Waals surface area contributed by atoms with Gasteiger partial charge in [0.1, 0.15) is 6.07 Å². The molecule has 0 aliphatic carbocycles. The average molecular weight is 261 g/mol. The number of piperazine rings is 1. The highest BCUT2D eigenvalue weighted by atomic mass is 16.4. The molecule has 0 radical (unpaired) electrons. The summed E-state index contributed by atoms with van der Waals surface area (Å²) in [6.45, 7) is 4.75. The number of nitrogens with zero attached hydrogens (tertiary/aromatic N) is 5. The number of aromatic nitrogens is 2. The van der Waals surface area contributed by atoms with Crippen molar-refractivity contribution in [3.63, 3.8) is 0 Å². The topological polar surface area (TPSA) is 93.4 Å². The third-order valence-electron chi connectivity index (χ3n) is 3.26. The molecule has 0 aromatic carbocycles. The van der Waals surface area contributed by atoms with Crippen LogP contribution in [-0.4, -0.2) is 51.2 Å². The van der Waals surface area contributed by atoms with E-state index >= 15 is 0 Å². The first kappa shape index (κ1) is 13.1. The Hall–Kier alpha value is -2.36. The van der Waals surface area contributed by atoms with Crippen molar-refractivity contribution in [2.45, 2.75) is 25.9 Å². The van der Waals surface area contributed by atoms with Crippen molar-refractivity contribution in [3.05, 3.63) is 18.0 Å². The van der Waals surface area contributed by atoms with E-state index in [4.69, 9.17) is 10.4 Å². The van der Waals surface area contributed by atoms with Crippen LogP contribution in [0.25, 0.3) is 0 Å². The fourth-order valence-corrected chi connectivity index (χ4v) is 2.20. The molecule has 1 aromatic heterocycles. The van der Waals surface area contributed by atoms with Crippen LogP contribution in [0.1, 0.15) is 19.4 Å². The zero-order valence-corrected chi connectivity index (χ0v) is 10.8. The molecule has 2 heterocycles. The first-order valence-electron chi connectivity index (χ1n) is 6.01. The van der Waals surface area contributed by atoms with Crippen LogP contribution in [0.5, 0.6) is 0 Å². The minimum Gasteiger partial charge on any atom is -0.465 e. The molecule has 7 heteroatoms. The average Bonchev–Trinajstić information content (AvgIpc) is 2.41. The monoisotopic (exact) mass is 261 g/mol. The molecule has 1 saturated heterocycles. The van der Waals surface area contributed by atoms with Crippen molar-refractivity contribution in [1.29, 1.82) is 5.26 Å². The van der Waals surface area contributed by atoms with E-state index in [1.807, 2.05) is 24.8 Å². The molecule has 1 aliphatic rings. The van der Waals surface area contributed by atoms with E-state index < -0.39 is 6.09 Å². The summed E-state index contributed by atoms with van der Waals surface area (Å²) in [4.78, 5) is 22.8. The summed E-state index contributed by atoms with van der Waals surface area (Å²) in [7, 11) is 0. The van der Waals surface area contributed by atoms with Crippen LogP contribution < -0.4 is 4.90 Å². The maximum atomic E-state index is 11.1. The summed E-state index contributed by atoms with van der Waals surface area (Å²) in [6.07, 6.45) is 2.05. The summed E-state index contributed by atoms with van der Waals surface area (Å²) >= 11 is 0. The zero-order valence-electron chi connectivity index (χ0n) is 10.8. The van der Waals surface area contributed by atoms with Crippen molar-refractivity contribution in [3.8, 4) is 6.07 Å². The van der Waals surface area contributed by atoms with Gasteiger partial charge in [-0.25, -0.2) is 14.8 Å². The van der Waals surface area contributed by atoms with Crippen LogP contribution >= 0.6 is 0 Å². The van der Waals surface area contributed by atoms with Crippen LogP contribution in [0.4, 0.5) is 10.7 Å². The van der Waals surface area contributed by atoms with Crippen molar-refractivity contribution >= 4 is 12.0 Å². The van der Waals surface area contributed by atoms with Crippen LogP contribution in [0.2, 0.25) is 0 Å². The third-order valence-corrected chi connectivity index (χ3v) is 3.26. The molecule has 1 fully saturated rings. The van der Waals surface area contributed by atoms with Gasteiger partial charge in [0, 0.05) is 25.2 Å². The molecule has 2 rings (SSSR count). The molecule has 19 heavy (non-hydrogen) atoms. The van der Waals surface area contributed by atoms with Gasteiger partial charge < -0.3 is 14.9 Å². The highest BCUT2D eigenvalue weighted by molar-refractivity contribution is 5.66. The van der Waals surface area contributed by atoms with Crippen LogP contribution in [-0.2, 0) is 0 Å². The highest BCUT2D eigenvalue weighted by Crippen LogP contribution is 2.19. The molecular weight excluding hydrogens is 246 g/mol. The molecular formula is C12H15N5O2. The molecule has 0 saturated carbocycles. The smallest absolute Gasteiger partial charge is 0.407 e. The molecule has 0 bridgehead atoms. The predicted octanol–water partition coefficient (Wildman–Crippen LogP) is 0.925. The van der Waals surface area contributed by atoms with Crippen LogP contribution in [0.15, 0.2) is 12.4 Å². The summed E-state index contributed by atoms with van der Waals surface area (Å²) in [5.41, 5.74) is 0.411. The maximum Gasteiger partial charge on any atom is 0.407 e. The second-order valence-corrected chi connectivity index (χ2v) is 4.67. The third kappa shape index (κ3) is 2.57. The van der Waals surface area contributed by atoms with Gasteiger partial charge in [0.2, 0.25) is 5.95 Å². The fourth-order valence-electron chi connectivity index (χ4n) is 2.20. The summed E-state index contributed by atoms with van der Waals surface area (Å²) in [5, 5.41) is 17.8. The number of carbonyl (C=O) groups is 1. The first-order valence-corrected chi connectivity index (χ1v) is 6.01. The van der Waals surface area contributed by atoms with Gasteiger partial charge in [-0.2, -0.15) is 5.26 Å². The lowest BCUT2D eigenvalue weighted by Gasteiger charge is -2.42. The van der Waals surface area contributed by atoms with Crippen molar-refractivity contribution < 1.29 is 9.90 Å². The normalized spacial score (nSPS) is 23.0. The SMILES string of the molecule is C[C@@H]1CN(c2ncc(C#N)cn2)[C@H](C)CN1C(=O)O. The van der Waals surface area contributed by atoms with Crippen molar-refractivity contribution in [1.82, 2.24) is 14.9 Å². The van der Waals surface area contributed by atoms with E-state index in [0.29, 0.717) is 24.6 Å². The minimum atomic E-state index is -0.903. The number of hydrogen-bond donors (Lipinski definition) is 1. The molecule has 0 spiro atoms. The molecule has 2 atom stereocenters. The van der Waals surface area contributed by atoms with Gasteiger partial charge in [0.15, 0.2) is 0 Å². The van der Waals surface area contributed by atoms with Gasteiger partial charge in [-0.15, -0.1) is 0 Å².